The van der Waals surface area contributed by atoms with Crippen LogP contribution in [-0.2, 0) is 14.9 Å². The Morgan fingerprint density at radius 3 is 1.22 bits per heavy atom. The SMILES string of the molecule is CCCCCCC/C=C\C/C=C\C/C=C\CCCCCCCCC(=O)NC(CS(=O)(=O)O)C(O)/C=C/CCCCCCCCCCCCCCCCCC. The lowest BCUT2D eigenvalue weighted by molar-refractivity contribution is -0.122. The van der Waals surface area contributed by atoms with Gasteiger partial charge in [0, 0.05) is 6.42 Å². The molecule has 3 N–H and O–H groups in total. The summed E-state index contributed by atoms with van der Waals surface area (Å²) < 4.78 is 32.6. The van der Waals surface area contributed by atoms with E-state index in [0.717, 1.165) is 64.2 Å². The van der Waals surface area contributed by atoms with Gasteiger partial charge in [-0.25, -0.2) is 0 Å². The van der Waals surface area contributed by atoms with Crippen molar-refractivity contribution < 1.29 is 22.9 Å². The van der Waals surface area contributed by atoms with Crippen molar-refractivity contribution in [3.05, 3.63) is 48.6 Å². The lowest BCUT2D eigenvalue weighted by Gasteiger charge is -2.21. The van der Waals surface area contributed by atoms with E-state index in [0.29, 0.717) is 0 Å². The second-order valence-corrected chi connectivity index (χ2v) is 17.2. The molecular formula is C47H87NO5S. The Labute approximate surface area is 335 Å². The maximum atomic E-state index is 12.5. The molecule has 7 heteroatoms. The number of carbonyl (C=O) groups is 1. The number of allylic oxidation sites excluding steroid dienone is 7. The van der Waals surface area contributed by atoms with E-state index in [1.165, 1.54) is 141 Å². The predicted octanol–water partition coefficient (Wildman–Crippen LogP) is 13.9. The van der Waals surface area contributed by atoms with Gasteiger partial charge in [-0.3, -0.25) is 9.35 Å². The molecule has 0 aliphatic rings. The number of rotatable bonds is 41. The largest absolute Gasteiger partial charge is 0.387 e. The number of hydrogen-bond donors (Lipinski definition) is 3. The smallest absolute Gasteiger partial charge is 0.267 e. The van der Waals surface area contributed by atoms with Crippen LogP contribution in [0.1, 0.15) is 226 Å². The molecule has 316 valence electrons. The quantitative estimate of drug-likeness (QED) is 0.0326. The molecule has 1 amide bonds. The second-order valence-electron chi connectivity index (χ2n) is 15.7. The summed E-state index contributed by atoms with van der Waals surface area (Å²) in [5.41, 5.74) is 0. The van der Waals surface area contributed by atoms with Gasteiger partial charge in [0.1, 0.15) is 0 Å². The lowest BCUT2D eigenvalue weighted by Crippen LogP contribution is -2.46. The van der Waals surface area contributed by atoms with Crippen molar-refractivity contribution in [1.29, 1.82) is 0 Å². The van der Waals surface area contributed by atoms with Crippen LogP contribution in [0.2, 0.25) is 0 Å². The van der Waals surface area contributed by atoms with Gasteiger partial charge in [-0.05, 0) is 57.8 Å². The molecular weight excluding hydrogens is 691 g/mol. The van der Waals surface area contributed by atoms with E-state index in [-0.39, 0.29) is 12.3 Å². The lowest BCUT2D eigenvalue weighted by atomic mass is 10.0. The molecule has 0 spiro atoms. The van der Waals surface area contributed by atoms with Gasteiger partial charge >= 0.3 is 0 Å². The minimum atomic E-state index is -4.35. The number of aliphatic hydroxyl groups excluding tert-OH is 1. The number of nitrogens with one attached hydrogen (secondary N) is 1. The number of carbonyl (C=O) groups excluding carboxylic acids is 1. The van der Waals surface area contributed by atoms with Crippen molar-refractivity contribution in [1.82, 2.24) is 5.32 Å². The van der Waals surface area contributed by atoms with Crippen LogP contribution in [0.5, 0.6) is 0 Å². The van der Waals surface area contributed by atoms with Crippen LogP contribution in [0.15, 0.2) is 48.6 Å². The molecule has 0 rings (SSSR count). The van der Waals surface area contributed by atoms with Gasteiger partial charge in [-0.1, -0.05) is 210 Å². The van der Waals surface area contributed by atoms with Crippen molar-refractivity contribution in [3.8, 4) is 0 Å². The Balaban J connectivity index is 3.91. The average Bonchev–Trinajstić information content (AvgIpc) is 3.14. The zero-order valence-electron chi connectivity index (χ0n) is 35.3. The molecule has 0 bridgehead atoms. The van der Waals surface area contributed by atoms with E-state index >= 15 is 0 Å². The molecule has 6 nitrogen and oxygen atoms in total. The summed E-state index contributed by atoms with van der Waals surface area (Å²) in [5, 5.41) is 13.3. The molecule has 0 saturated heterocycles. The summed E-state index contributed by atoms with van der Waals surface area (Å²) in [7, 11) is -4.35. The molecule has 0 aromatic rings. The molecule has 0 radical (unpaired) electrons. The second kappa shape index (κ2) is 40.9. The minimum Gasteiger partial charge on any atom is -0.387 e. The van der Waals surface area contributed by atoms with Crippen LogP contribution in [0.25, 0.3) is 0 Å². The monoisotopic (exact) mass is 778 g/mol. The van der Waals surface area contributed by atoms with E-state index < -0.39 is 28.0 Å². The summed E-state index contributed by atoms with van der Waals surface area (Å²) in [6.07, 6.45) is 55.2. The van der Waals surface area contributed by atoms with E-state index in [9.17, 15) is 22.9 Å². The van der Waals surface area contributed by atoms with Crippen LogP contribution >= 0.6 is 0 Å². The third-order valence-electron chi connectivity index (χ3n) is 10.2. The maximum absolute atomic E-state index is 12.5. The molecule has 0 saturated carbocycles. The third-order valence-corrected chi connectivity index (χ3v) is 11.0. The first-order valence-electron chi connectivity index (χ1n) is 22.8. The fourth-order valence-electron chi connectivity index (χ4n) is 6.81. The minimum absolute atomic E-state index is 0.280. The molecule has 0 aliphatic carbocycles. The van der Waals surface area contributed by atoms with E-state index in [4.69, 9.17) is 0 Å². The zero-order chi connectivity index (χ0) is 39.6. The number of unbranched alkanes of at least 4 members (excludes halogenated alkanes) is 27. The highest BCUT2D eigenvalue weighted by Crippen LogP contribution is 2.15. The molecule has 54 heavy (non-hydrogen) atoms. The van der Waals surface area contributed by atoms with Crippen LogP contribution in [0, 0.1) is 0 Å². The van der Waals surface area contributed by atoms with E-state index in [2.05, 4.69) is 55.6 Å². The highest BCUT2D eigenvalue weighted by Gasteiger charge is 2.24. The van der Waals surface area contributed by atoms with Crippen molar-refractivity contribution in [2.24, 2.45) is 0 Å². The van der Waals surface area contributed by atoms with Crippen molar-refractivity contribution in [2.75, 3.05) is 5.75 Å². The average molecular weight is 778 g/mol. The number of amides is 1. The van der Waals surface area contributed by atoms with Gasteiger partial charge in [0.15, 0.2) is 0 Å². The molecule has 0 aliphatic heterocycles. The van der Waals surface area contributed by atoms with Crippen LogP contribution < -0.4 is 5.32 Å². The Hall–Kier alpha value is -1.70. The first-order valence-corrected chi connectivity index (χ1v) is 24.4. The molecule has 0 aromatic heterocycles. The molecule has 2 unspecified atom stereocenters. The van der Waals surface area contributed by atoms with Crippen LogP contribution in [0.3, 0.4) is 0 Å². The maximum Gasteiger partial charge on any atom is 0.267 e. The van der Waals surface area contributed by atoms with Gasteiger partial charge in [0.25, 0.3) is 10.1 Å². The van der Waals surface area contributed by atoms with Gasteiger partial charge in [0.05, 0.1) is 17.9 Å². The summed E-state index contributed by atoms with van der Waals surface area (Å²) >= 11 is 0. The van der Waals surface area contributed by atoms with Gasteiger partial charge in [-0.15, -0.1) is 0 Å². The van der Waals surface area contributed by atoms with Gasteiger partial charge in [0.2, 0.25) is 5.91 Å². The predicted molar refractivity (Wildman–Crippen MR) is 235 cm³/mol. The van der Waals surface area contributed by atoms with Crippen molar-refractivity contribution >= 4 is 16.0 Å². The van der Waals surface area contributed by atoms with Crippen LogP contribution in [-0.4, -0.2) is 41.9 Å². The van der Waals surface area contributed by atoms with Crippen molar-refractivity contribution in [2.45, 2.75) is 238 Å². The summed E-state index contributed by atoms with van der Waals surface area (Å²) in [5.74, 6) is -0.994. The topological polar surface area (TPSA) is 104 Å². The summed E-state index contributed by atoms with van der Waals surface area (Å²) in [6, 6.07) is -1.06. The summed E-state index contributed by atoms with van der Waals surface area (Å²) in [4.78, 5) is 12.5. The van der Waals surface area contributed by atoms with E-state index in [1.807, 2.05) is 6.08 Å². The Morgan fingerprint density at radius 2 is 0.833 bits per heavy atom. The first kappa shape index (κ1) is 52.3. The first-order chi connectivity index (χ1) is 26.3. The number of hydrogen-bond acceptors (Lipinski definition) is 4. The fourth-order valence-corrected chi connectivity index (χ4v) is 7.54. The van der Waals surface area contributed by atoms with Gasteiger partial charge < -0.3 is 10.4 Å². The van der Waals surface area contributed by atoms with Gasteiger partial charge in [-0.2, -0.15) is 8.42 Å². The third kappa shape index (κ3) is 41.5. The highest BCUT2D eigenvalue weighted by molar-refractivity contribution is 7.85. The normalized spacial score (nSPS) is 13.6. The highest BCUT2D eigenvalue weighted by atomic mass is 32.2. The molecule has 0 fully saturated rings. The standard InChI is InChI=1S/C47H87NO5S/c1-3-5-7-9-11-13-15-17-19-21-23-24-25-27-29-31-33-35-37-39-41-43-47(50)48-45(44-54(51,52)53)46(49)42-40-38-36-34-32-30-28-26-22-20-18-16-14-12-10-8-6-4-2/h15,17,21,23,25,27,40,42,45-46,49H,3-14,16,18-20,22,24,26,28-39,41,43-44H2,1-2H3,(H,48,50)(H,51,52,53)/b17-15-,23-21-,27-25-,42-40+. The molecule has 0 aromatic carbocycles. The Morgan fingerprint density at radius 1 is 0.500 bits per heavy atom. The van der Waals surface area contributed by atoms with E-state index in [1.54, 1.807) is 6.08 Å². The number of aliphatic hydroxyl groups is 1. The Bertz CT molecular complexity index is 1030. The Kier molecular flexibility index (Phi) is 39.7. The zero-order valence-corrected chi connectivity index (χ0v) is 36.2. The molecule has 0 heterocycles. The summed E-state index contributed by atoms with van der Waals surface area (Å²) in [6.45, 7) is 4.52. The molecule has 2 atom stereocenters. The van der Waals surface area contributed by atoms with Crippen LogP contribution in [0.4, 0.5) is 0 Å². The van der Waals surface area contributed by atoms with Crippen molar-refractivity contribution in [3.63, 3.8) is 0 Å². The fraction of sp³-hybridized carbons (Fsp3) is 0.809.